The number of rotatable bonds is 4. The van der Waals surface area contributed by atoms with Crippen LogP contribution in [0.3, 0.4) is 0 Å². The van der Waals surface area contributed by atoms with Gasteiger partial charge in [0.15, 0.2) is 0 Å². The van der Waals surface area contributed by atoms with E-state index < -0.39 is 11.7 Å². The second kappa shape index (κ2) is 7.68. The Balaban J connectivity index is 1.71. The lowest BCUT2D eigenvalue weighted by Crippen LogP contribution is -2.36. The van der Waals surface area contributed by atoms with Crippen molar-refractivity contribution in [2.45, 2.75) is 32.0 Å². The average Bonchev–Trinajstić information content (AvgIpc) is 3.11. The number of hydrogen-bond acceptors (Lipinski definition) is 3. The molecule has 0 bridgehead atoms. The number of pyridine rings is 1. The molecule has 4 nitrogen and oxygen atoms in total. The number of aryl methyl sites for hydroxylation is 1. The summed E-state index contributed by atoms with van der Waals surface area (Å²) in [4.78, 5) is 16.7. The minimum Gasteiger partial charge on any atom is -0.349 e. The normalized spacial score (nSPS) is 21.1. The Labute approximate surface area is 156 Å². The molecule has 1 aromatic carbocycles. The van der Waals surface area contributed by atoms with Crippen LogP contribution >= 0.6 is 0 Å². The molecule has 1 saturated heterocycles. The standard InChI is InChI=1S/C20H22F3N3O/c1-12-4-3-5-14(8-12)13(2)26-19(27)17-11-24-10-16(17)18-7-6-15(9-25-18)20(21,22)23/h3-9,13,16-17,24H,10-11H2,1-2H3,(H,26,27). The van der Waals surface area contributed by atoms with Crippen LogP contribution in [0.5, 0.6) is 0 Å². The highest BCUT2D eigenvalue weighted by Gasteiger charge is 2.36. The fraction of sp³-hybridized carbons (Fsp3) is 0.400. The van der Waals surface area contributed by atoms with Crippen LogP contribution in [-0.4, -0.2) is 24.0 Å². The Morgan fingerprint density at radius 1 is 1.26 bits per heavy atom. The number of carbonyl (C=O) groups is 1. The zero-order valence-corrected chi connectivity index (χ0v) is 15.2. The van der Waals surface area contributed by atoms with Crippen molar-refractivity contribution in [1.82, 2.24) is 15.6 Å². The number of alkyl halides is 3. The number of nitrogens with one attached hydrogen (secondary N) is 2. The van der Waals surface area contributed by atoms with E-state index in [1.54, 1.807) is 0 Å². The van der Waals surface area contributed by atoms with Gasteiger partial charge in [-0.05, 0) is 31.5 Å². The fourth-order valence-corrected chi connectivity index (χ4v) is 3.40. The predicted molar refractivity (Wildman–Crippen MR) is 96.1 cm³/mol. The van der Waals surface area contributed by atoms with Gasteiger partial charge in [0.25, 0.3) is 0 Å². The number of carbonyl (C=O) groups excluding carboxylic acids is 1. The van der Waals surface area contributed by atoms with Crippen molar-refractivity contribution >= 4 is 5.91 Å². The summed E-state index contributed by atoms with van der Waals surface area (Å²) in [5.74, 6) is -0.751. The molecule has 1 fully saturated rings. The highest BCUT2D eigenvalue weighted by Crippen LogP contribution is 2.32. The minimum absolute atomic E-state index is 0.124. The molecule has 27 heavy (non-hydrogen) atoms. The summed E-state index contributed by atoms with van der Waals surface area (Å²) in [7, 11) is 0. The number of amides is 1. The third-order valence-electron chi connectivity index (χ3n) is 4.95. The second-order valence-electron chi connectivity index (χ2n) is 6.99. The Hall–Kier alpha value is -2.41. The number of hydrogen-bond donors (Lipinski definition) is 2. The Kier molecular flexibility index (Phi) is 5.51. The first-order valence-electron chi connectivity index (χ1n) is 8.86. The first kappa shape index (κ1) is 19.4. The lowest BCUT2D eigenvalue weighted by Gasteiger charge is -2.21. The van der Waals surface area contributed by atoms with Crippen LogP contribution in [0, 0.1) is 12.8 Å². The Bertz CT molecular complexity index is 805. The van der Waals surface area contributed by atoms with Gasteiger partial charge in [0, 0.05) is 30.9 Å². The molecule has 0 aliphatic carbocycles. The third kappa shape index (κ3) is 4.47. The first-order valence-corrected chi connectivity index (χ1v) is 8.86. The lowest BCUT2D eigenvalue weighted by atomic mass is 9.91. The van der Waals surface area contributed by atoms with Gasteiger partial charge in [-0.1, -0.05) is 29.8 Å². The van der Waals surface area contributed by atoms with Gasteiger partial charge < -0.3 is 10.6 Å². The van der Waals surface area contributed by atoms with E-state index in [1.165, 1.54) is 6.07 Å². The van der Waals surface area contributed by atoms with Crippen LogP contribution in [0.25, 0.3) is 0 Å². The molecule has 0 radical (unpaired) electrons. The molecule has 3 atom stereocenters. The molecular weight excluding hydrogens is 355 g/mol. The SMILES string of the molecule is Cc1cccc(C(C)NC(=O)C2CNCC2c2ccc(C(F)(F)F)cn2)c1. The summed E-state index contributed by atoms with van der Waals surface area (Å²) in [5, 5.41) is 6.16. The van der Waals surface area contributed by atoms with Crippen LogP contribution in [0.4, 0.5) is 13.2 Å². The Morgan fingerprint density at radius 3 is 2.67 bits per heavy atom. The molecule has 3 rings (SSSR count). The van der Waals surface area contributed by atoms with E-state index in [0.717, 1.165) is 23.4 Å². The van der Waals surface area contributed by atoms with Gasteiger partial charge >= 0.3 is 6.18 Å². The fourth-order valence-electron chi connectivity index (χ4n) is 3.40. The maximum atomic E-state index is 12.8. The molecule has 1 aliphatic heterocycles. The molecule has 2 aromatic rings. The molecule has 7 heteroatoms. The zero-order chi connectivity index (χ0) is 19.6. The number of benzene rings is 1. The molecule has 3 unspecified atom stereocenters. The van der Waals surface area contributed by atoms with E-state index in [4.69, 9.17) is 0 Å². The largest absolute Gasteiger partial charge is 0.417 e. The van der Waals surface area contributed by atoms with Crippen molar-refractivity contribution in [3.63, 3.8) is 0 Å². The average molecular weight is 377 g/mol. The van der Waals surface area contributed by atoms with Gasteiger partial charge in [-0.15, -0.1) is 0 Å². The summed E-state index contributed by atoms with van der Waals surface area (Å²) in [6, 6.07) is 10.1. The van der Waals surface area contributed by atoms with E-state index in [1.807, 2.05) is 38.1 Å². The summed E-state index contributed by atoms with van der Waals surface area (Å²) < 4.78 is 38.2. The quantitative estimate of drug-likeness (QED) is 0.856. The van der Waals surface area contributed by atoms with E-state index in [2.05, 4.69) is 15.6 Å². The molecule has 2 N–H and O–H groups in total. The number of aromatic nitrogens is 1. The second-order valence-corrected chi connectivity index (χ2v) is 6.99. The molecule has 0 saturated carbocycles. The molecule has 1 aliphatic rings. The van der Waals surface area contributed by atoms with E-state index in [-0.39, 0.29) is 23.8 Å². The summed E-state index contributed by atoms with van der Waals surface area (Å²) in [5.41, 5.74) is 1.84. The van der Waals surface area contributed by atoms with E-state index in [9.17, 15) is 18.0 Å². The van der Waals surface area contributed by atoms with E-state index >= 15 is 0 Å². The summed E-state index contributed by atoms with van der Waals surface area (Å²) in [6.07, 6.45) is -3.59. The summed E-state index contributed by atoms with van der Waals surface area (Å²) >= 11 is 0. The smallest absolute Gasteiger partial charge is 0.349 e. The van der Waals surface area contributed by atoms with Crippen molar-refractivity contribution in [2.75, 3.05) is 13.1 Å². The predicted octanol–water partition coefficient (Wildman–Crippen LogP) is 3.59. The first-order chi connectivity index (χ1) is 12.8. The molecule has 2 heterocycles. The van der Waals surface area contributed by atoms with Crippen LogP contribution < -0.4 is 10.6 Å². The van der Waals surface area contributed by atoms with Crippen molar-refractivity contribution in [2.24, 2.45) is 5.92 Å². The highest BCUT2D eigenvalue weighted by atomic mass is 19.4. The molecule has 1 amide bonds. The van der Waals surface area contributed by atoms with Crippen molar-refractivity contribution in [1.29, 1.82) is 0 Å². The summed E-state index contributed by atoms with van der Waals surface area (Å²) in [6.45, 7) is 4.89. The zero-order valence-electron chi connectivity index (χ0n) is 15.2. The minimum atomic E-state index is -4.42. The number of nitrogens with zero attached hydrogens (tertiary/aromatic N) is 1. The van der Waals surface area contributed by atoms with Crippen LogP contribution in [0.2, 0.25) is 0 Å². The molecule has 1 aromatic heterocycles. The molecular formula is C20H22F3N3O. The van der Waals surface area contributed by atoms with Crippen molar-refractivity contribution in [3.05, 3.63) is 65.0 Å². The maximum absolute atomic E-state index is 12.8. The molecule has 144 valence electrons. The highest BCUT2D eigenvalue weighted by molar-refractivity contribution is 5.80. The van der Waals surface area contributed by atoms with Gasteiger partial charge in [-0.2, -0.15) is 13.2 Å². The maximum Gasteiger partial charge on any atom is 0.417 e. The van der Waals surface area contributed by atoms with Crippen molar-refractivity contribution < 1.29 is 18.0 Å². The molecule has 0 spiro atoms. The van der Waals surface area contributed by atoms with Crippen LogP contribution in [0.15, 0.2) is 42.6 Å². The lowest BCUT2D eigenvalue weighted by molar-refractivity contribution is -0.137. The van der Waals surface area contributed by atoms with Gasteiger partial charge in [-0.3, -0.25) is 9.78 Å². The Morgan fingerprint density at radius 2 is 2.04 bits per heavy atom. The van der Waals surface area contributed by atoms with E-state index in [0.29, 0.717) is 18.8 Å². The van der Waals surface area contributed by atoms with Gasteiger partial charge in [0.05, 0.1) is 17.5 Å². The monoisotopic (exact) mass is 377 g/mol. The third-order valence-corrected chi connectivity index (χ3v) is 4.95. The topological polar surface area (TPSA) is 54.0 Å². The number of halogens is 3. The van der Waals surface area contributed by atoms with Crippen LogP contribution in [-0.2, 0) is 11.0 Å². The van der Waals surface area contributed by atoms with Crippen molar-refractivity contribution in [3.8, 4) is 0 Å². The van der Waals surface area contributed by atoms with Crippen LogP contribution in [0.1, 0.15) is 41.3 Å². The van der Waals surface area contributed by atoms with Gasteiger partial charge in [-0.25, -0.2) is 0 Å². The van der Waals surface area contributed by atoms with Gasteiger partial charge in [0.1, 0.15) is 0 Å². The van der Waals surface area contributed by atoms with Gasteiger partial charge in [0.2, 0.25) is 5.91 Å².